The smallest absolute Gasteiger partial charge is 0.327 e. The van der Waals surface area contributed by atoms with Gasteiger partial charge in [-0.25, -0.2) is 4.79 Å². The molecule has 2 amide bonds. The first-order valence-corrected chi connectivity index (χ1v) is 7.94. The van der Waals surface area contributed by atoms with Gasteiger partial charge in [0.25, 0.3) is 0 Å². The summed E-state index contributed by atoms with van der Waals surface area (Å²) in [5.74, 6) is -0.953. The van der Waals surface area contributed by atoms with Gasteiger partial charge in [0.1, 0.15) is 6.04 Å². The molecule has 0 aliphatic carbocycles. The van der Waals surface area contributed by atoms with Crippen LogP contribution in [0.3, 0.4) is 0 Å². The number of thioether (sulfide) groups is 1. The van der Waals surface area contributed by atoms with Crippen molar-refractivity contribution < 1.29 is 19.5 Å². The van der Waals surface area contributed by atoms with Crippen LogP contribution in [-0.4, -0.2) is 57.9 Å². The van der Waals surface area contributed by atoms with E-state index in [-0.39, 0.29) is 29.4 Å². The van der Waals surface area contributed by atoms with Crippen molar-refractivity contribution in [3.63, 3.8) is 0 Å². The van der Waals surface area contributed by atoms with E-state index in [1.54, 1.807) is 0 Å². The molecule has 2 atom stereocenters. The average molecular weight is 302 g/mol. The van der Waals surface area contributed by atoms with E-state index in [2.05, 4.69) is 5.32 Å². The van der Waals surface area contributed by atoms with Crippen molar-refractivity contribution in [2.24, 2.45) is 0 Å². The van der Waals surface area contributed by atoms with Crippen LogP contribution in [0.15, 0.2) is 0 Å². The molecule has 2 unspecified atom stereocenters. The third-order valence-electron chi connectivity index (χ3n) is 3.31. The van der Waals surface area contributed by atoms with Gasteiger partial charge in [-0.15, -0.1) is 11.8 Å². The van der Waals surface area contributed by atoms with Gasteiger partial charge in [0, 0.05) is 25.3 Å². The normalized spacial score (nSPS) is 20.3. The van der Waals surface area contributed by atoms with Gasteiger partial charge in [-0.1, -0.05) is 0 Å². The highest BCUT2D eigenvalue weighted by atomic mass is 32.2. The van der Waals surface area contributed by atoms with Gasteiger partial charge in [-0.3, -0.25) is 9.59 Å². The number of carbonyl (C=O) groups excluding carboxylic acids is 2. The zero-order valence-electron chi connectivity index (χ0n) is 11.9. The molecule has 0 aromatic heterocycles. The fourth-order valence-corrected chi connectivity index (χ4v) is 3.16. The number of likely N-dealkylation sites (tertiary alicyclic amines) is 1. The number of piperidine rings is 1. The lowest BCUT2D eigenvalue weighted by Crippen LogP contribution is -2.44. The Bertz CT molecular complexity index is 375. The van der Waals surface area contributed by atoms with Crippen LogP contribution in [0.5, 0.6) is 0 Å². The predicted octanol–water partition coefficient (Wildman–Crippen LogP) is 0.710. The standard InChI is InChI=1S/C13H22N2O4S/c1-9-5-3-4-6-15(9)12(17)8-20-7-11(13(18)19)14-10(2)16/h9,11H,3-8H2,1-2H3,(H,14,16)(H,18,19). The number of carbonyl (C=O) groups is 3. The van der Waals surface area contributed by atoms with Crippen molar-refractivity contribution in [2.45, 2.75) is 45.2 Å². The van der Waals surface area contributed by atoms with Crippen molar-refractivity contribution >= 4 is 29.5 Å². The Morgan fingerprint density at radius 3 is 2.65 bits per heavy atom. The Labute approximate surface area is 123 Å². The van der Waals surface area contributed by atoms with Crippen LogP contribution in [0.2, 0.25) is 0 Å². The molecule has 0 aromatic carbocycles. The highest BCUT2D eigenvalue weighted by Gasteiger charge is 2.24. The van der Waals surface area contributed by atoms with Crippen molar-refractivity contribution in [2.75, 3.05) is 18.1 Å². The van der Waals surface area contributed by atoms with Crippen LogP contribution >= 0.6 is 11.8 Å². The van der Waals surface area contributed by atoms with Crippen molar-refractivity contribution in [1.82, 2.24) is 10.2 Å². The molecule has 1 saturated heterocycles. The lowest BCUT2D eigenvalue weighted by atomic mass is 10.0. The molecule has 1 aliphatic rings. The molecule has 1 heterocycles. The molecule has 2 N–H and O–H groups in total. The maximum absolute atomic E-state index is 12.1. The van der Waals surface area contributed by atoms with E-state index in [4.69, 9.17) is 5.11 Å². The van der Waals surface area contributed by atoms with E-state index < -0.39 is 12.0 Å². The van der Waals surface area contributed by atoms with Gasteiger partial charge >= 0.3 is 5.97 Å². The summed E-state index contributed by atoms with van der Waals surface area (Å²) >= 11 is 1.25. The predicted molar refractivity (Wildman–Crippen MR) is 77.6 cm³/mol. The molecule has 0 saturated carbocycles. The fraction of sp³-hybridized carbons (Fsp3) is 0.769. The van der Waals surface area contributed by atoms with E-state index in [0.29, 0.717) is 0 Å². The minimum Gasteiger partial charge on any atom is -0.480 e. The first kappa shape index (κ1) is 16.8. The van der Waals surface area contributed by atoms with Crippen LogP contribution in [0.1, 0.15) is 33.1 Å². The summed E-state index contributed by atoms with van der Waals surface area (Å²) in [6.07, 6.45) is 3.21. The van der Waals surface area contributed by atoms with Gasteiger partial charge in [0.05, 0.1) is 5.75 Å². The maximum Gasteiger partial charge on any atom is 0.327 e. The van der Waals surface area contributed by atoms with Gasteiger partial charge in [0.2, 0.25) is 11.8 Å². The highest BCUT2D eigenvalue weighted by molar-refractivity contribution is 8.00. The van der Waals surface area contributed by atoms with Crippen LogP contribution in [0, 0.1) is 0 Å². The largest absolute Gasteiger partial charge is 0.480 e. The molecule has 1 fully saturated rings. The number of amides is 2. The monoisotopic (exact) mass is 302 g/mol. The number of aliphatic carboxylic acids is 1. The Kier molecular flexibility index (Phi) is 6.84. The molecule has 0 radical (unpaired) electrons. The van der Waals surface area contributed by atoms with Crippen molar-refractivity contribution in [3.8, 4) is 0 Å². The third-order valence-corrected chi connectivity index (χ3v) is 4.33. The molecule has 20 heavy (non-hydrogen) atoms. The van der Waals surface area contributed by atoms with Crippen LogP contribution in [0.25, 0.3) is 0 Å². The molecule has 1 aliphatic heterocycles. The average Bonchev–Trinajstić information content (AvgIpc) is 2.37. The van der Waals surface area contributed by atoms with Gasteiger partial charge in [-0.05, 0) is 26.2 Å². The SMILES string of the molecule is CC(=O)NC(CSCC(=O)N1CCCCC1C)C(=O)O. The molecule has 1 rings (SSSR count). The van der Waals surface area contributed by atoms with Gasteiger partial charge in [0.15, 0.2) is 0 Å². The van der Waals surface area contributed by atoms with Crippen LogP contribution < -0.4 is 5.32 Å². The van der Waals surface area contributed by atoms with E-state index >= 15 is 0 Å². The molecule has 114 valence electrons. The van der Waals surface area contributed by atoms with Crippen LogP contribution in [0.4, 0.5) is 0 Å². The van der Waals surface area contributed by atoms with Crippen molar-refractivity contribution in [1.29, 1.82) is 0 Å². The molecule has 0 bridgehead atoms. The molecular weight excluding hydrogens is 280 g/mol. The lowest BCUT2D eigenvalue weighted by molar-refractivity contribution is -0.140. The number of carboxylic acid groups (broad SMARTS) is 1. The second-order valence-corrected chi connectivity index (χ2v) is 6.07. The third kappa shape index (κ3) is 5.40. The summed E-state index contributed by atoms with van der Waals surface area (Å²) in [5.41, 5.74) is 0. The van der Waals surface area contributed by atoms with Crippen LogP contribution in [-0.2, 0) is 14.4 Å². The Hall–Kier alpha value is -1.24. The zero-order chi connectivity index (χ0) is 15.1. The maximum atomic E-state index is 12.1. The summed E-state index contributed by atoms with van der Waals surface area (Å²) in [7, 11) is 0. The second kappa shape index (κ2) is 8.14. The fourth-order valence-electron chi connectivity index (χ4n) is 2.24. The number of hydrogen-bond donors (Lipinski definition) is 2. The van der Waals surface area contributed by atoms with Crippen molar-refractivity contribution in [3.05, 3.63) is 0 Å². The molecule has 0 spiro atoms. The topological polar surface area (TPSA) is 86.7 Å². The Balaban J connectivity index is 2.36. The number of carboxylic acids is 1. The molecule has 6 nitrogen and oxygen atoms in total. The van der Waals surface area contributed by atoms with E-state index in [9.17, 15) is 14.4 Å². The number of rotatable bonds is 6. The summed E-state index contributed by atoms with van der Waals surface area (Å²) in [5, 5.41) is 11.3. The lowest BCUT2D eigenvalue weighted by Gasteiger charge is -2.33. The summed E-state index contributed by atoms with van der Waals surface area (Å²) < 4.78 is 0. The second-order valence-electron chi connectivity index (χ2n) is 5.04. The first-order valence-electron chi connectivity index (χ1n) is 6.79. The van der Waals surface area contributed by atoms with E-state index in [1.807, 2.05) is 11.8 Å². The van der Waals surface area contributed by atoms with Gasteiger partial charge in [-0.2, -0.15) is 0 Å². The molecule has 0 aromatic rings. The Morgan fingerprint density at radius 2 is 2.10 bits per heavy atom. The minimum absolute atomic E-state index is 0.0502. The Morgan fingerprint density at radius 1 is 1.40 bits per heavy atom. The number of nitrogens with one attached hydrogen (secondary N) is 1. The van der Waals surface area contributed by atoms with Gasteiger partial charge < -0.3 is 15.3 Å². The summed E-state index contributed by atoms with van der Waals surface area (Å²) in [6.45, 7) is 4.11. The molecular formula is C13H22N2O4S. The number of nitrogens with zero attached hydrogens (tertiary/aromatic N) is 1. The van der Waals surface area contributed by atoms with E-state index in [0.717, 1.165) is 25.8 Å². The summed E-state index contributed by atoms with van der Waals surface area (Å²) in [6, 6.07) is -0.674. The highest BCUT2D eigenvalue weighted by Crippen LogP contribution is 2.18. The minimum atomic E-state index is -1.08. The zero-order valence-corrected chi connectivity index (χ0v) is 12.7. The number of hydrogen-bond acceptors (Lipinski definition) is 4. The quantitative estimate of drug-likeness (QED) is 0.754. The molecule has 7 heteroatoms. The first-order chi connectivity index (χ1) is 9.41. The summed E-state index contributed by atoms with van der Waals surface area (Å²) in [4.78, 5) is 35.7. The van der Waals surface area contributed by atoms with E-state index in [1.165, 1.54) is 18.7 Å².